The number of amides is 1. The third kappa shape index (κ3) is 3.62. The van der Waals surface area contributed by atoms with Crippen LogP contribution >= 0.6 is 11.6 Å². The van der Waals surface area contributed by atoms with Crippen LogP contribution in [0.1, 0.15) is 62.4 Å². The first kappa shape index (κ1) is 23.1. The first-order valence-electron chi connectivity index (χ1n) is 11.6. The lowest BCUT2D eigenvalue weighted by molar-refractivity contribution is -0.353. The van der Waals surface area contributed by atoms with E-state index < -0.39 is 24.7 Å². The molecule has 2 N–H and O–H groups in total. The zero-order chi connectivity index (χ0) is 24.8. The SMILES string of the molecule is C[C@@H]1C2(NC(=O)[C@H]3C[C@@H](O)c4cc(Cl)ccc4O3)CC1(c1cn([C@H]3C[C@@H](OC(F)(F)F)C3)nn1)C2. The van der Waals surface area contributed by atoms with Gasteiger partial charge in [0.05, 0.1) is 23.9 Å². The number of aliphatic hydroxyl groups is 1. The molecule has 0 spiro atoms. The number of nitrogens with one attached hydrogen (secondary N) is 1. The van der Waals surface area contributed by atoms with Gasteiger partial charge in [-0.3, -0.25) is 9.53 Å². The number of alkyl halides is 3. The van der Waals surface area contributed by atoms with E-state index in [0.29, 0.717) is 29.2 Å². The van der Waals surface area contributed by atoms with Gasteiger partial charge in [0.15, 0.2) is 6.10 Å². The predicted molar refractivity (Wildman–Crippen MR) is 116 cm³/mol. The largest absolute Gasteiger partial charge is 0.522 e. The van der Waals surface area contributed by atoms with Gasteiger partial charge in [0, 0.05) is 34.2 Å². The normalized spacial score (nSPS) is 37.3. The van der Waals surface area contributed by atoms with Gasteiger partial charge in [-0.25, -0.2) is 4.68 Å². The Morgan fingerprint density at radius 2 is 2.06 bits per heavy atom. The van der Waals surface area contributed by atoms with E-state index in [9.17, 15) is 23.1 Å². The molecule has 0 radical (unpaired) electrons. The van der Waals surface area contributed by atoms with E-state index in [2.05, 4.69) is 27.3 Å². The lowest BCUT2D eigenvalue weighted by Gasteiger charge is -2.75. The van der Waals surface area contributed by atoms with Gasteiger partial charge < -0.3 is 15.2 Å². The number of aromatic nitrogens is 3. The molecule has 1 aromatic carbocycles. The summed E-state index contributed by atoms with van der Waals surface area (Å²) in [6.45, 7) is 2.05. The molecule has 4 saturated carbocycles. The summed E-state index contributed by atoms with van der Waals surface area (Å²) in [5.74, 6) is 0.302. The molecule has 0 saturated heterocycles. The van der Waals surface area contributed by atoms with Gasteiger partial charge in [-0.2, -0.15) is 0 Å². The molecule has 1 amide bonds. The molecule has 5 aliphatic rings. The first-order chi connectivity index (χ1) is 16.5. The number of rotatable bonds is 5. The topological polar surface area (TPSA) is 98.5 Å². The molecule has 1 aromatic heterocycles. The number of fused-ring (bicyclic) bond motifs is 1. The quantitative estimate of drug-likeness (QED) is 0.635. The standard InChI is InChI=1S/C23H24ClF3N4O4/c1-11-21(19-8-31(30-29-19)13-5-14(6-13)35-23(25,26)27)9-22(11,10-21)28-20(33)18-7-16(32)15-4-12(24)2-3-17(15)34-18/h2-4,8,11,13-14,16,18,32H,5-7,9-10H2,1H3,(H,28,33)/t11-,13-,14+,16+,18+,21?,22?/m0/s1. The molecule has 4 aliphatic carbocycles. The fourth-order valence-electron chi connectivity index (χ4n) is 6.18. The van der Waals surface area contributed by atoms with Gasteiger partial charge in [0.1, 0.15) is 5.75 Å². The molecule has 2 bridgehead atoms. The molecule has 4 fully saturated rings. The summed E-state index contributed by atoms with van der Waals surface area (Å²) < 4.78 is 48.6. The number of carbonyl (C=O) groups excluding carboxylic acids is 1. The minimum atomic E-state index is -4.62. The minimum absolute atomic E-state index is 0.117. The Morgan fingerprint density at radius 3 is 2.74 bits per heavy atom. The molecule has 0 unspecified atom stereocenters. The van der Waals surface area contributed by atoms with Gasteiger partial charge in [-0.05, 0) is 49.8 Å². The maximum Gasteiger partial charge on any atom is 0.522 e. The van der Waals surface area contributed by atoms with Crippen LogP contribution in [0.25, 0.3) is 0 Å². The molecule has 3 atom stereocenters. The summed E-state index contributed by atoms with van der Waals surface area (Å²) in [4.78, 5) is 13.0. The van der Waals surface area contributed by atoms with Crippen molar-refractivity contribution < 1.29 is 32.5 Å². The lowest BCUT2D eigenvalue weighted by Crippen LogP contribution is -2.83. The summed E-state index contributed by atoms with van der Waals surface area (Å²) in [6, 6.07) is 4.79. The highest BCUT2D eigenvalue weighted by Crippen LogP contribution is 2.71. The van der Waals surface area contributed by atoms with E-state index in [1.54, 1.807) is 22.9 Å². The number of ether oxygens (including phenoxy) is 2. The molecule has 12 heteroatoms. The van der Waals surface area contributed by atoms with Gasteiger partial charge >= 0.3 is 6.36 Å². The third-order valence-electron chi connectivity index (χ3n) is 8.39. The van der Waals surface area contributed by atoms with Crippen LogP contribution in [0.5, 0.6) is 5.75 Å². The molecule has 8 nitrogen and oxygen atoms in total. The molecule has 2 heterocycles. The summed E-state index contributed by atoms with van der Waals surface area (Å²) in [5.41, 5.74) is 0.812. The maximum absolute atomic E-state index is 13.0. The van der Waals surface area contributed by atoms with Crippen LogP contribution in [0.15, 0.2) is 24.4 Å². The summed E-state index contributed by atoms with van der Waals surface area (Å²) in [6.07, 6.45) is -3.25. The fourth-order valence-corrected chi connectivity index (χ4v) is 6.36. The van der Waals surface area contributed by atoms with Crippen molar-refractivity contribution in [2.75, 3.05) is 0 Å². The number of carbonyl (C=O) groups is 1. The van der Waals surface area contributed by atoms with E-state index in [-0.39, 0.29) is 48.1 Å². The second kappa shape index (κ2) is 7.57. The van der Waals surface area contributed by atoms with Gasteiger partial charge in [0.2, 0.25) is 0 Å². The smallest absolute Gasteiger partial charge is 0.480 e. The second-order valence-corrected chi connectivity index (χ2v) is 10.7. The minimum Gasteiger partial charge on any atom is -0.480 e. The van der Waals surface area contributed by atoms with E-state index in [0.717, 1.165) is 5.69 Å². The highest BCUT2D eigenvalue weighted by atomic mass is 35.5. The third-order valence-corrected chi connectivity index (χ3v) is 8.62. The monoisotopic (exact) mass is 512 g/mol. The number of halogens is 4. The molecular weight excluding hydrogens is 489 g/mol. The molecule has 2 aromatic rings. The Hall–Kier alpha value is -2.37. The number of hydrogen-bond donors (Lipinski definition) is 2. The summed E-state index contributed by atoms with van der Waals surface area (Å²) in [7, 11) is 0. The van der Waals surface area contributed by atoms with Gasteiger partial charge in [-0.15, -0.1) is 18.3 Å². The van der Waals surface area contributed by atoms with Crippen molar-refractivity contribution in [1.29, 1.82) is 0 Å². The molecule has 188 valence electrons. The zero-order valence-corrected chi connectivity index (χ0v) is 19.5. The number of benzene rings is 1. The van der Waals surface area contributed by atoms with Crippen molar-refractivity contribution in [3.63, 3.8) is 0 Å². The van der Waals surface area contributed by atoms with Crippen LogP contribution in [-0.4, -0.2) is 50.1 Å². The average Bonchev–Trinajstić information content (AvgIpc) is 3.21. The average molecular weight is 513 g/mol. The fraction of sp³-hybridized carbons (Fsp3) is 0.609. The predicted octanol–water partition coefficient (Wildman–Crippen LogP) is 3.59. The van der Waals surface area contributed by atoms with Crippen molar-refractivity contribution in [2.24, 2.45) is 5.92 Å². The van der Waals surface area contributed by atoms with Crippen molar-refractivity contribution in [3.05, 3.63) is 40.7 Å². The van der Waals surface area contributed by atoms with Crippen molar-refractivity contribution in [2.45, 2.75) is 80.7 Å². The van der Waals surface area contributed by atoms with E-state index in [1.165, 1.54) is 0 Å². The number of aliphatic hydroxyl groups excluding tert-OH is 1. The Bertz CT molecular complexity index is 1180. The highest BCUT2D eigenvalue weighted by Gasteiger charge is 2.76. The highest BCUT2D eigenvalue weighted by molar-refractivity contribution is 6.30. The Labute approximate surface area is 203 Å². The lowest BCUT2D eigenvalue weighted by atomic mass is 9.32. The maximum atomic E-state index is 13.0. The van der Waals surface area contributed by atoms with E-state index >= 15 is 0 Å². The molecule has 7 rings (SSSR count). The van der Waals surface area contributed by atoms with Crippen LogP contribution in [-0.2, 0) is 14.9 Å². The van der Waals surface area contributed by atoms with E-state index in [1.807, 2.05) is 6.20 Å². The van der Waals surface area contributed by atoms with Crippen LogP contribution < -0.4 is 10.1 Å². The first-order valence-corrected chi connectivity index (χ1v) is 12.0. The number of nitrogens with zero attached hydrogens (tertiary/aromatic N) is 3. The molecule has 35 heavy (non-hydrogen) atoms. The summed E-state index contributed by atoms with van der Waals surface area (Å²) in [5, 5.41) is 22.6. The Kier molecular flexibility index (Phi) is 4.98. The van der Waals surface area contributed by atoms with Crippen LogP contribution in [0.3, 0.4) is 0 Å². The van der Waals surface area contributed by atoms with Crippen LogP contribution in [0.4, 0.5) is 13.2 Å². The van der Waals surface area contributed by atoms with E-state index in [4.69, 9.17) is 16.3 Å². The Balaban J connectivity index is 1.06. The van der Waals surface area contributed by atoms with Crippen molar-refractivity contribution >= 4 is 17.5 Å². The zero-order valence-electron chi connectivity index (χ0n) is 18.8. The number of hydrogen-bond acceptors (Lipinski definition) is 6. The van der Waals surface area contributed by atoms with Crippen molar-refractivity contribution in [1.82, 2.24) is 20.3 Å². The summed E-state index contributed by atoms with van der Waals surface area (Å²) >= 11 is 6.00. The second-order valence-electron chi connectivity index (χ2n) is 10.3. The Morgan fingerprint density at radius 1 is 1.31 bits per heavy atom. The van der Waals surface area contributed by atoms with Gasteiger partial charge in [0.25, 0.3) is 5.91 Å². The molecular formula is C23H24ClF3N4O4. The van der Waals surface area contributed by atoms with Crippen LogP contribution in [0.2, 0.25) is 5.02 Å². The van der Waals surface area contributed by atoms with Crippen molar-refractivity contribution in [3.8, 4) is 5.75 Å². The van der Waals surface area contributed by atoms with Crippen LogP contribution in [0, 0.1) is 5.92 Å². The molecule has 1 aliphatic heterocycles. The van der Waals surface area contributed by atoms with Gasteiger partial charge in [-0.1, -0.05) is 23.7 Å².